The molecule has 0 saturated heterocycles. The molecule has 2 aromatic carbocycles. The monoisotopic (exact) mass is 324 g/mol. The predicted molar refractivity (Wildman–Crippen MR) is 87.3 cm³/mol. The zero-order valence-corrected chi connectivity index (χ0v) is 13.6. The van der Waals surface area contributed by atoms with Crippen LogP contribution in [0.15, 0.2) is 35.2 Å². The van der Waals surface area contributed by atoms with Gasteiger partial charge in [-0.15, -0.1) is 0 Å². The van der Waals surface area contributed by atoms with Gasteiger partial charge < -0.3 is 5.73 Å². The zero-order valence-electron chi connectivity index (χ0n) is 12.1. The maximum absolute atomic E-state index is 12.5. The minimum Gasteiger partial charge on any atom is -0.398 e. The number of sulfonamides is 1. The first-order valence-electron chi connectivity index (χ1n) is 6.36. The first-order chi connectivity index (χ1) is 9.70. The average molecular weight is 325 g/mol. The molecule has 0 unspecified atom stereocenters. The summed E-state index contributed by atoms with van der Waals surface area (Å²) in [6, 6.07) is 8.36. The van der Waals surface area contributed by atoms with E-state index in [9.17, 15) is 8.42 Å². The van der Waals surface area contributed by atoms with Gasteiger partial charge in [-0.1, -0.05) is 29.3 Å². The fourth-order valence-corrected chi connectivity index (χ4v) is 3.63. The molecule has 0 bridgehead atoms. The van der Waals surface area contributed by atoms with E-state index >= 15 is 0 Å². The molecule has 2 aromatic rings. The Morgan fingerprint density at radius 3 is 2.33 bits per heavy atom. The fraction of sp³-hybridized carbons (Fsp3) is 0.200. The number of nitrogen functional groups attached to an aromatic ring is 1. The highest BCUT2D eigenvalue weighted by Gasteiger charge is 2.18. The summed E-state index contributed by atoms with van der Waals surface area (Å²) in [6.45, 7) is 5.46. The van der Waals surface area contributed by atoms with Gasteiger partial charge >= 0.3 is 0 Å². The standard InChI is InChI=1S/C15H17ClN2O2S/c1-9-4-5-15(11(3)6-9)21(19,20)18-14-8-12(16)13(17)7-10(14)2/h4-8,18H,17H2,1-3H3. The quantitative estimate of drug-likeness (QED) is 0.846. The van der Waals surface area contributed by atoms with E-state index in [4.69, 9.17) is 17.3 Å². The van der Waals surface area contributed by atoms with E-state index < -0.39 is 10.0 Å². The number of nitrogens with one attached hydrogen (secondary N) is 1. The smallest absolute Gasteiger partial charge is 0.262 e. The Kier molecular flexibility index (Phi) is 4.16. The molecule has 0 fully saturated rings. The lowest BCUT2D eigenvalue weighted by molar-refractivity contribution is 0.600. The largest absolute Gasteiger partial charge is 0.398 e. The molecule has 2 rings (SSSR count). The molecule has 0 radical (unpaired) electrons. The predicted octanol–water partition coefficient (Wildman–Crippen LogP) is 3.65. The molecule has 21 heavy (non-hydrogen) atoms. The summed E-state index contributed by atoms with van der Waals surface area (Å²) >= 11 is 5.95. The van der Waals surface area contributed by atoms with Gasteiger partial charge in [-0.25, -0.2) is 8.42 Å². The van der Waals surface area contributed by atoms with Crippen molar-refractivity contribution < 1.29 is 8.42 Å². The highest BCUT2D eigenvalue weighted by atomic mass is 35.5. The number of anilines is 2. The Hall–Kier alpha value is -1.72. The van der Waals surface area contributed by atoms with Crippen LogP contribution in [0.25, 0.3) is 0 Å². The molecule has 6 heteroatoms. The lowest BCUT2D eigenvalue weighted by Crippen LogP contribution is -2.15. The average Bonchev–Trinajstić information content (AvgIpc) is 2.35. The van der Waals surface area contributed by atoms with Crippen molar-refractivity contribution in [2.75, 3.05) is 10.5 Å². The van der Waals surface area contributed by atoms with Crippen LogP contribution in [0.2, 0.25) is 5.02 Å². The van der Waals surface area contributed by atoms with Gasteiger partial charge in [-0.2, -0.15) is 0 Å². The minimum atomic E-state index is -3.66. The SMILES string of the molecule is Cc1ccc(S(=O)(=O)Nc2cc(Cl)c(N)cc2C)c(C)c1. The van der Waals surface area contributed by atoms with Crippen LogP contribution in [0.4, 0.5) is 11.4 Å². The van der Waals surface area contributed by atoms with Gasteiger partial charge in [0.1, 0.15) is 0 Å². The van der Waals surface area contributed by atoms with Crippen LogP contribution in [0, 0.1) is 20.8 Å². The number of rotatable bonds is 3. The van der Waals surface area contributed by atoms with E-state index in [0.717, 1.165) is 5.56 Å². The van der Waals surface area contributed by atoms with Crippen molar-refractivity contribution in [3.05, 3.63) is 52.0 Å². The number of hydrogen-bond donors (Lipinski definition) is 2. The Labute approximate surface area is 130 Å². The summed E-state index contributed by atoms with van der Waals surface area (Å²) in [4.78, 5) is 0.250. The molecular formula is C15H17ClN2O2S. The van der Waals surface area contributed by atoms with E-state index in [1.807, 2.05) is 13.0 Å². The van der Waals surface area contributed by atoms with Crippen LogP contribution in [-0.2, 0) is 10.0 Å². The van der Waals surface area contributed by atoms with E-state index in [0.29, 0.717) is 27.5 Å². The Morgan fingerprint density at radius 1 is 1.05 bits per heavy atom. The minimum absolute atomic E-state index is 0.250. The highest BCUT2D eigenvalue weighted by Crippen LogP contribution is 2.29. The first-order valence-corrected chi connectivity index (χ1v) is 8.22. The number of benzene rings is 2. The third-order valence-electron chi connectivity index (χ3n) is 3.21. The van der Waals surface area contributed by atoms with Crippen molar-refractivity contribution in [2.24, 2.45) is 0 Å². The Balaban J connectivity index is 2.45. The zero-order chi connectivity index (χ0) is 15.8. The van der Waals surface area contributed by atoms with Crippen LogP contribution in [0.3, 0.4) is 0 Å². The van der Waals surface area contributed by atoms with Crippen molar-refractivity contribution in [3.8, 4) is 0 Å². The summed E-state index contributed by atoms with van der Waals surface area (Å²) in [5.41, 5.74) is 8.96. The maximum Gasteiger partial charge on any atom is 0.262 e. The Bertz CT molecular complexity index is 802. The number of nitrogens with two attached hydrogens (primary N) is 1. The number of hydrogen-bond acceptors (Lipinski definition) is 3. The van der Waals surface area contributed by atoms with Gasteiger partial charge in [0.15, 0.2) is 0 Å². The molecule has 112 valence electrons. The lowest BCUT2D eigenvalue weighted by Gasteiger charge is -2.14. The van der Waals surface area contributed by atoms with Crippen LogP contribution < -0.4 is 10.5 Å². The molecule has 0 amide bonds. The summed E-state index contributed by atoms with van der Waals surface area (Å²) in [5.74, 6) is 0. The normalized spacial score (nSPS) is 11.4. The van der Waals surface area contributed by atoms with Crippen molar-refractivity contribution in [3.63, 3.8) is 0 Å². The van der Waals surface area contributed by atoms with Gasteiger partial charge in [0.05, 0.1) is 21.3 Å². The fourth-order valence-electron chi connectivity index (χ4n) is 2.11. The van der Waals surface area contributed by atoms with Crippen molar-refractivity contribution in [2.45, 2.75) is 25.7 Å². The molecule has 0 aliphatic carbocycles. The summed E-state index contributed by atoms with van der Waals surface area (Å²) in [7, 11) is -3.66. The third kappa shape index (κ3) is 3.31. The molecular weight excluding hydrogens is 308 g/mol. The first kappa shape index (κ1) is 15.7. The second-order valence-corrected chi connectivity index (χ2v) is 7.12. The maximum atomic E-state index is 12.5. The molecule has 0 aliphatic rings. The van der Waals surface area contributed by atoms with Gasteiger partial charge in [0.2, 0.25) is 0 Å². The lowest BCUT2D eigenvalue weighted by atomic mass is 10.2. The van der Waals surface area contributed by atoms with Gasteiger partial charge in [0, 0.05) is 0 Å². The second kappa shape index (κ2) is 5.58. The second-order valence-electron chi connectivity index (χ2n) is 5.06. The summed E-state index contributed by atoms with van der Waals surface area (Å²) in [5, 5.41) is 0.318. The van der Waals surface area contributed by atoms with E-state index in [2.05, 4.69) is 4.72 Å². The summed E-state index contributed by atoms with van der Waals surface area (Å²) < 4.78 is 27.6. The topological polar surface area (TPSA) is 72.2 Å². The molecule has 0 spiro atoms. The molecule has 0 atom stereocenters. The number of aryl methyl sites for hydroxylation is 3. The van der Waals surface area contributed by atoms with Crippen LogP contribution >= 0.6 is 11.6 Å². The molecule has 0 aromatic heterocycles. The van der Waals surface area contributed by atoms with E-state index in [1.165, 1.54) is 6.07 Å². The molecule has 3 N–H and O–H groups in total. The van der Waals surface area contributed by atoms with Gasteiger partial charge in [-0.05, 0) is 50.1 Å². The van der Waals surface area contributed by atoms with Crippen molar-refractivity contribution in [1.82, 2.24) is 0 Å². The Morgan fingerprint density at radius 2 is 1.71 bits per heavy atom. The van der Waals surface area contributed by atoms with Crippen molar-refractivity contribution in [1.29, 1.82) is 0 Å². The van der Waals surface area contributed by atoms with Crippen LogP contribution in [-0.4, -0.2) is 8.42 Å². The third-order valence-corrected chi connectivity index (χ3v) is 5.06. The summed E-state index contributed by atoms with van der Waals surface area (Å²) in [6.07, 6.45) is 0. The highest BCUT2D eigenvalue weighted by molar-refractivity contribution is 7.92. The van der Waals surface area contributed by atoms with Crippen LogP contribution in [0.1, 0.15) is 16.7 Å². The van der Waals surface area contributed by atoms with Crippen molar-refractivity contribution >= 4 is 33.0 Å². The number of halogens is 1. The van der Waals surface area contributed by atoms with Gasteiger partial charge in [0.25, 0.3) is 10.0 Å². The molecule has 0 saturated carbocycles. The molecule has 4 nitrogen and oxygen atoms in total. The molecule has 0 aliphatic heterocycles. The van der Waals surface area contributed by atoms with E-state index in [1.54, 1.807) is 32.0 Å². The van der Waals surface area contributed by atoms with Gasteiger partial charge in [-0.3, -0.25) is 4.72 Å². The molecule has 0 heterocycles. The van der Waals surface area contributed by atoms with Crippen LogP contribution in [0.5, 0.6) is 0 Å². The van der Waals surface area contributed by atoms with E-state index in [-0.39, 0.29) is 4.90 Å².